The average molecular weight is 321 g/mol. The Morgan fingerprint density at radius 1 is 1.00 bits per heavy atom. The molecule has 0 aliphatic carbocycles. The van der Waals surface area contributed by atoms with Crippen LogP contribution in [0.1, 0.15) is 91.9 Å². The zero-order chi connectivity index (χ0) is 17.1. The molecule has 0 unspecified atom stereocenters. The number of carbonyl (C=O) groups excluding carboxylic acids is 1. The molecule has 0 N–H and O–H groups in total. The second-order valence-corrected chi connectivity index (χ2v) is 7.41. The van der Waals surface area contributed by atoms with E-state index in [0.29, 0.717) is 6.61 Å². The van der Waals surface area contributed by atoms with Crippen molar-refractivity contribution in [3.05, 3.63) is 23.3 Å². The molecule has 132 valence electrons. The lowest BCUT2D eigenvalue weighted by atomic mass is 9.79. The van der Waals surface area contributed by atoms with Crippen LogP contribution < -0.4 is 0 Å². The van der Waals surface area contributed by atoms with E-state index in [-0.39, 0.29) is 11.4 Å². The number of carbonyl (C=O) groups is 1. The lowest BCUT2D eigenvalue weighted by Gasteiger charge is -2.33. The average Bonchev–Trinajstić information content (AvgIpc) is 2.52. The van der Waals surface area contributed by atoms with Crippen LogP contribution in [0.25, 0.3) is 0 Å². The SMILES string of the molecule is CCCCCCC/C=C/C1=C(CCCCC)C(=O)OCC1(C)C. The van der Waals surface area contributed by atoms with Gasteiger partial charge in [0.05, 0.1) is 0 Å². The molecular weight excluding hydrogens is 284 g/mol. The molecule has 23 heavy (non-hydrogen) atoms. The number of hydrogen-bond donors (Lipinski definition) is 0. The summed E-state index contributed by atoms with van der Waals surface area (Å²) < 4.78 is 5.41. The number of rotatable bonds is 11. The molecule has 1 rings (SSSR count). The Labute approximate surface area is 143 Å². The minimum Gasteiger partial charge on any atom is -0.461 e. The van der Waals surface area contributed by atoms with Crippen molar-refractivity contribution in [2.75, 3.05) is 6.61 Å². The number of unbranched alkanes of at least 4 members (excludes halogenated alkanes) is 7. The Bertz CT molecular complexity index is 416. The predicted molar refractivity (Wildman–Crippen MR) is 98.4 cm³/mol. The van der Waals surface area contributed by atoms with E-state index in [1.807, 2.05) is 0 Å². The van der Waals surface area contributed by atoms with Crippen LogP contribution in [-0.4, -0.2) is 12.6 Å². The van der Waals surface area contributed by atoms with Gasteiger partial charge in [-0.05, 0) is 31.3 Å². The summed E-state index contributed by atoms with van der Waals surface area (Å²) >= 11 is 0. The third-order valence-electron chi connectivity index (χ3n) is 4.65. The minimum absolute atomic E-state index is 0.0613. The summed E-state index contributed by atoms with van der Waals surface area (Å²) in [6.07, 6.45) is 16.4. The summed E-state index contributed by atoms with van der Waals surface area (Å²) in [4.78, 5) is 12.2. The van der Waals surface area contributed by atoms with E-state index in [4.69, 9.17) is 4.74 Å². The fraction of sp³-hybridized carbons (Fsp3) is 0.762. The molecule has 0 spiro atoms. The summed E-state index contributed by atoms with van der Waals surface area (Å²) in [7, 11) is 0. The van der Waals surface area contributed by atoms with Gasteiger partial charge in [-0.25, -0.2) is 4.79 Å². The van der Waals surface area contributed by atoms with Gasteiger partial charge in [-0.1, -0.05) is 78.4 Å². The molecule has 0 aromatic heterocycles. The van der Waals surface area contributed by atoms with Crippen LogP contribution in [0.5, 0.6) is 0 Å². The molecule has 1 aliphatic rings. The van der Waals surface area contributed by atoms with E-state index in [1.54, 1.807) is 0 Å². The Morgan fingerprint density at radius 3 is 2.35 bits per heavy atom. The number of ether oxygens (including phenoxy) is 1. The maximum absolute atomic E-state index is 12.2. The zero-order valence-corrected chi connectivity index (χ0v) is 15.7. The maximum Gasteiger partial charge on any atom is 0.334 e. The van der Waals surface area contributed by atoms with E-state index in [2.05, 4.69) is 39.8 Å². The number of cyclic esters (lactones) is 1. The summed E-state index contributed by atoms with van der Waals surface area (Å²) in [5, 5.41) is 0. The summed E-state index contributed by atoms with van der Waals surface area (Å²) in [5.41, 5.74) is 2.06. The van der Waals surface area contributed by atoms with Gasteiger partial charge in [-0.2, -0.15) is 0 Å². The highest BCUT2D eigenvalue weighted by atomic mass is 16.5. The van der Waals surface area contributed by atoms with Gasteiger partial charge in [0.2, 0.25) is 0 Å². The lowest BCUT2D eigenvalue weighted by molar-refractivity contribution is -0.143. The Kier molecular flexibility index (Phi) is 9.28. The molecule has 2 heteroatoms. The van der Waals surface area contributed by atoms with Crippen molar-refractivity contribution in [2.45, 2.75) is 91.9 Å². The highest BCUT2D eigenvalue weighted by Crippen LogP contribution is 2.36. The van der Waals surface area contributed by atoms with Crippen molar-refractivity contribution < 1.29 is 9.53 Å². The Balaban J connectivity index is 2.68. The first-order chi connectivity index (χ1) is 11.0. The fourth-order valence-electron chi connectivity index (χ4n) is 3.11. The van der Waals surface area contributed by atoms with Crippen molar-refractivity contribution in [3.63, 3.8) is 0 Å². The Hall–Kier alpha value is -1.05. The van der Waals surface area contributed by atoms with Crippen molar-refractivity contribution in [3.8, 4) is 0 Å². The third-order valence-corrected chi connectivity index (χ3v) is 4.65. The number of esters is 1. The predicted octanol–water partition coefficient (Wildman–Crippen LogP) is 6.36. The standard InChI is InChI=1S/C21H36O2/c1-5-7-9-10-11-12-14-16-19-18(15-13-8-6-2)20(22)23-17-21(19,3)4/h14,16H,5-13,15,17H2,1-4H3/b16-14+. The van der Waals surface area contributed by atoms with Gasteiger partial charge in [0.15, 0.2) is 0 Å². The molecule has 0 aromatic carbocycles. The summed E-state index contributed by atoms with van der Waals surface area (Å²) in [6.45, 7) is 9.30. The molecule has 0 fully saturated rings. The molecular formula is C21H36O2. The second kappa shape index (κ2) is 10.7. The monoisotopic (exact) mass is 320 g/mol. The highest BCUT2D eigenvalue weighted by Gasteiger charge is 2.33. The molecule has 0 saturated heterocycles. The molecule has 0 radical (unpaired) electrons. The normalized spacial score (nSPS) is 17.8. The largest absolute Gasteiger partial charge is 0.461 e. The topological polar surface area (TPSA) is 26.3 Å². The first-order valence-corrected chi connectivity index (χ1v) is 9.60. The summed E-state index contributed by atoms with van der Waals surface area (Å²) in [5.74, 6) is -0.0944. The van der Waals surface area contributed by atoms with E-state index in [0.717, 1.165) is 24.8 Å². The molecule has 0 saturated carbocycles. The van der Waals surface area contributed by atoms with Gasteiger partial charge >= 0.3 is 5.97 Å². The third kappa shape index (κ3) is 6.93. The molecule has 2 nitrogen and oxygen atoms in total. The van der Waals surface area contributed by atoms with Gasteiger partial charge in [0.1, 0.15) is 6.61 Å². The zero-order valence-electron chi connectivity index (χ0n) is 15.7. The molecule has 0 amide bonds. The van der Waals surface area contributed by atoms with Gasteiger partial charge in [0, 0.05) is 11.0 Å². The van der Waals surface area contributed by atoms with Crippen LogP contribution in [-0.2, 0) is 9.53 Å². The van der Waals surface area contributed by atoms with Crippen LogP contribution in [0, 0.1) is 5.41 Å². The van der Waals surface area contributed by atoms with Gasteiger partial charge in [-0.3, -0.25) is 0 Å². The second-order valence-electron chi connectivity index (χ2n) is 7.41. The number of allylic oxidation sites excluding steroid dienone is 2. The minimum atomic E-state index is -0.0944. The van der Waals surface area contributed by atoms with Crippen LogP contribution in [0.4, 0.5) is 0 Å². The molecule has 1 heterocycles. The van der Waals surface area contributed by atoms with E-state index in [1.165, 1.54) is 50.5 Å². The van der Waals surface area contributed by atoms with E-state index < -0.39 is 0 Å². The Morgan fingerprint density at radius 2 is 1.65 bits per heavy atom. The quantitative estimate of drug-likeness (QED) is 0.327. The van der Waals surface area contributed by atoms with Crippen molar-refractivity contribution in [1.29, 1.82) is 0 Å². The van der Waals surface area contributed by atoms with Gasteiger partial charge < -0.3 is 4.74 Å². The van der Waals surface area contributed by atoms with Crippen LogP contribution in [0.2, 0.25) is 0 Å². The maximum atomic E-state index is 12.2. The number of hydrogen-bond acceptors (Lipinski definition) is 2. The van der Waals surface area contributed by atoms with Crippen LogP contribution in [0.3, 0.4) is 0 Å². The van der Waals surface area contributed by atoms with E-state index >= 15 is 0 Å². The van der Waals surface area contributed by atoms with Gasteiger partial charge in [-0.15, -0.1) is 0 Å². The fourth-order valence-corrected chi connectivity index (χ4v) is 3.11. The highest BCUT2D eigenvalue weighted by molar-refractivity contribution is 5.91. The first kappa shape index (κ1) is 20.0. The van der Waals surface area contributed by atoms with E-state index in [9.17, 15) is 4.79 Å². The van der Waals surface area contributed by atoms with Crippen LogP contribution in [0.15, 0.2) is 23.3 Å². The molecule has 0 bridgehead atoms. The molecule has 0 atom stereocenters. The first-order valence-electron chi connectivity index (χ1n) is 9.60. The summed E-state index contributed by atoms with van der Waals surface area (Å²) in [6, 6.07) is 0. The van der Waals surface area contributed by atoms with Crippen molar-refractivity contribution in [2.24, 2.45) is 5.41 Å². The lowest BCUT2D eigenvalue weighted by Crippen LogP contribution is -2.31. The molecule has 1 aliphatic heterocycles. The molecule has 0 aromatic rings. The van der Waals surface area contributed by atoms with Crippen molar-refractivity contribution >= 4 is 5.97 Å². The van der Waals surface area contributed by atoms with Crippen molar-refractivity contribution in [1.82, 2.24) is 0 Å². The smallest absolute Gasteiger partial charge is 0.334 e. The van der Waals surface area contributed by atoms with Crippen LogP contribution >= 0.6 is 0 Å². The van der Waals surface area contributed by atoms with Gasteiger partial charge in [0.25, 0.3) is 0 Å².